The van der Waals surface area contributed by atoms with Gasteiger partial charge in [-0.15, -0.1) is 0 Å². The minimum atomic E-state index is -0.481. The molecule has 0 bridgehead atoms. The van der Waals surface area contributed by atoms with E-state index in [0.717, 1.165) is 29.8 Å². The summed E-state index contributed by atoms with van der Waals surface area (Å²) in [7, 11) is 0. The Morgan fingerprint density at radius 1 is 1.35 bits per heavy atom. The monoisotopic (exact) mass is 305 g/mol. The highest BCUT2D eigenvalue weighted by Gasteiger charge is 2.49. The number of aromatic amines is 1. The van der Waals surface area contributed by atoms with Gasteiger partial charge in [0.25, 0.3) is 0 Å². The van der Waals surface area contributed by atoms with Crippen LogP contribution < -0.4 is 0 Å². The van der Waals surface area contributed by atoms with Gasteiger partial charge in [-0.3, -0.25) is 9.89 Å². The van der Waals surface area contributed by atoms with Gasteiger partial charge < -0.3 is 0 Å². The molecule has 3 unspecified atom stereocenters. The number of nitrogens with zero attached hydrogens (tertiary/aromatic N) is 2. The van der Waals surface area contributed by atoms with Crippen molar-refractivity contribution in [3.63, 3.8) is 0 Å². The number of hydrogen-bond donors (Lipinski definition) is 1. The van der Waals surface area contributed by atoms with Crippen LogP contribution in [0, 0.1) is 23.2 Å². The third kappa shape index (κ3) is 2.03. The summed E-state index contributed by atoms with van der Waals surface area (Å²) < 4.78 is 0. The molecule has 0 amide bonds. The van der Waals surface area contributed by atoms with Gasteiger partial charge in [-0.2, -0.15) is 10.4 Å². The molecular formula is C19H19N3O. The van der Waals surface area contributed by atoms with E-state index in [9.17, 15) is 10.1 Å². The zero-order valence-electron chi connectivity index (χ0n) is 13.2. The lowest BCUT2D eigenvalue weighted by atomic mass is 9.57. The van der Waals surface area contributed by atoms with E-state index in [2.05, 4.69) is 35.3 Å². The van der Waals surface area contributed by atoms with Gasteiger partial charge in [0.05, 0.1) is 11.8 Å². The molecule has 1 aromatic carbocycles. The Morgan fingerprint density at radius 2 is 2.13 bits per heavy atom. The first kappa shape index (κ1) is 14.2. The summed E-state index contributed by atoms with van der Waals surface area (Å²) in [6, 6.07) is 12.4. The number of nitrogens with one attached hydrogen (secondary N) is 1. The summed E-state index contributed by atoms with van der Waals surface area (Å²) in [5, 5.41) is 17.1. The molecular weight excluding hydrogens is 286 g/mol. The van der Waals surface area contributed by atoms with Crippen molar-refractivity contribution in [1.82, 2.24) is 10.2 Å². The predicted molar refractivity (Wildman–Crippen MR) is 86.5 cm³/mol. The number of carbonyl (C=O) groups is 1. The first-order chi connectivity index (χ1) is 11.1. The van der Waals surface area contributed by atoms with Crippen molar-refractivity contribution in [2.75, 3.05) is 0 Å². The summed E-state index contributed by atoms with van der Waals surface area (Å²) in [6.07, 6.45) is 3.07. The van der Waals surface area contributed by atoms with Gasteiger partial charge in [0.1, 0.15) is 11.7 Å². The molecule has 0 radical (unpaired) electrons. The van der Waals surface area contributed by atoms with Crippen LogP contribution in [0.15, 0.2) is 30.3 Å². The third-order valence-corrected chi connectivity index (χ3v) is 5.75. The Balaban J connectivity index is 1.80. The second kappa shape index (κ2) is 5.06. The first-order valence-electron chi connectivity index (χ1n) is 8.19. The van der Waals surface area contributed by atoms with Gasteiger partial charge in [-0.1, -0.05) is 37.3 Å². The quantitative estimate of drug-likeness (QED) is 0.878. The first-order valence-corrected chi connectivity index (χ1v) is 8.19. The number of carbonyl (C=O) groups excluding carboxylic acids is 1. The lowest BCUT2D eigenvalue weighted by Crippen LogP contribution is -2.45. The van der Waals surface area contributed by atoms with Crippen molar-refractivity contribution in [2.45, 2.75) is 38.0 Å². The van der Waals surface area contributed by atoms with Crippen LogP contribution in [0.2, 0.25) is 0 Å². The summed E-state index contributed by atoms with van der Waals surface area (Å²) in [6.45, 7) is 2.19. The lowest BCUT2D eigenvalue weighted by Gasteiger charge is -2.45. The number of rotatable bonds is 1. The van der Waals surface area contributed by atoms with E-state index in [4.69, 9.17) is 0 Å². The van der Waals surface area contributed by atoms with Gasteiger partial charge in [0.15, 0.2) is 0 Å². The maximum absolute atomic E-state index is 12.1. The third-order valence-electron chi connectivity index (χ3n) is 5.75. The summed E-state index contributed by atoms with van der Waals surface area (Å²) in [5.74, 6) is -0.0527. The summed E-state index contributed by atoms with van der Waals surface area (Å²) in [4.78, 5) is 12.1. The van der Waals surface area contributed by atoms with Crippen LogP contribution in [0.4, 0.5) is 0 Å². The largest absolute Gasteiger partial charge is 0.298 e. The molecule has 0 spiro atoms. The van der Waals surface area contributed by atoms with E-state index in [1.165, 1.54) is 5.56 Å². The number of aromatic nitrogens is 2. The summed E-state index contributed by atoms with van der Waals surface area (Å²) in [5.41, 5.74) is 4.39. The minimum Gasteiger partial charge on any atom is -0.298 e. The van der Waals surface area contributed by atoms with E-state index >= 15 is 0 Å². The van der Waals surface area contributed by atoms with Crippen molar-refractivity contribution in [3.05, 3.63) is 41.6 Å². The molecule has 116 valence electrons. The summed E-state index contributed by atoms with van der Waals surface area (Å²) >= 11 is 0. The van der Waals surface area contributed by atoms with Crippen LogP contribution in [0.3, 0.4) is 0 Å². The fourth-order valence-electron chi connectivity index (χ4n) is 4.39. The number of benzene rings is 1. The van der Waals surface area contributed by atoms with Gasteiger partial charge in [0.2, 0.25) is 0 Å². The molecule has 1 saturated carbocycles. The number of Topliss-reactive ketones (excluding diaryl/α,β-unsaturated/α-hetero) is 1. The smallest absolute Gasteiger partial charge is 0.150 e. The number of H-pyrrole nitrogens is 1. The van der Waals surface area contributed by atoms with E-state index < -0.39 is 5.92 Å². The van der Waals surface area contributed by atoms with Gasteiger partial charge in [0, 0.05) is 28.7 Å². The number of hydrogen-bond acceptors (Lipinski definition) is 3. The molecule has 4 heteroatoms. The molecule has 4 rings (SSSR count). The van der Waals surface area contributed by atoms with Crippen LogP contribution in [-0.4, -0.2) is 16.0 Å². The average molecular weight is 305 g/mol. The number of nitriles is 1. The van der Waals surface area contributed by atoms with Crippen molar-refractivity contribution in [3.8, 4) is 17.3 Å². The zero-order chi connectivity index (χ0) is 16.0. The number of ketones is 1. The predicted octanol–water partition coefficient (Wildman–Crippen LogP) is 3.40. The minimum absolute atomic E-state index is 0.112. The average Bonchev–Trinajstić information content (AvgIpc) is 3.01. The van der Waals surface area contributed by atoms with Crippen molar-refractivity contribution < 1.29 is 4.79 Å². The standard InChI is InChI=1S/C19H19N3O/c1-19-10-13(11-20)16(23)9-14(19)7-8-15-17(21-22-18(15)19)12-5-3-2-4-6-12/h2-6,13-14H,7-10H2,1H3,(H,21,22). The Kier molecular flexibility index (Phi) is 3.12. The van der Waals surface area contributed by atoms with Crippen LogP contribution in [0.5, 0.6) is 0 Å². The van der Waals surface area contributed by atoms with Crippen molar-refractivity contribution in [2.24, 2.45) is 11.8 Å². The maximum atomic E-state index is 12.1. The molecule has 4 nitrogen and oxygen atoms in total. The van der Waals surface area contributed by atoms with Crippen molar-refractivity contribution in [1.29, 1.82) is 5.26 Å². The zero-order valence-corrected chi connectivity index (χ0v) is 13.2. The Bertz CT molecular complexity index is 802. The van der Waals surface area contributed by atoms with Gasteiger partial charge in [-0.25, -0.2) is 0 Å². The normalized spacial score (nSPS) is 29.5. The molecule has 1 heterocycles. The molecule has 1 N–H and O–H groups in total. The SMILES string of the molecule is CC12CC(C#N)C(=O)CC1CCc1c(-c3ccccc3)n[nH]c12. The van der Waals surface area contributed by atoms with Crippen LogP contribution in [0.25, 0.3) is 11.3 Å². The molecule has 2 aliphatic carbocycles. The molecule has 2 aromatic rings. The van der Waals surface area contributed by atoms with E-state index in [1.54, 1.807) is 0 Å². The van der Waals surface area contributed by atoms with E-state index in [-0.39, 0.29) is 11.2 Å². The molecule has 23 heavy (non-hydrogen) atoms. The van der Waals surface area contributed by atoms with E-state index in [0.29, 0.717) is 18.8 Å². The van der Waals surface area contributed by atoms with Crippen LogP contribution in [0.1, 0.15) is 37.4 Å². The van der Waals surface area contributed by atoms with Crippen LogP contribution >= 0.6 is 0 Å². The highest BCUT2D eigenvalue weighted by atomic mass is 16.1. The Hall–Kier alpha value is -2.41. The van der Waals surface area contributed by atoms with Crippen LogP contribution in [-0.2, 0) is 16.6 Å². The fraction of sp³-hybridized carbons (Fsp3) is 0.421. The highest BCUT2D eigenvalue weighted by molar-refractivity contribution is 5.85. The van der Waals surface area contributed by atoms with Gasteiger partial charge >= 0.3 is 0 Å². The number of fused-ring (bicyclic) bond motifs is 3. The molecule has 3 atom stereocenters. The maximum Gasteiger partial charge on any atom is 0.150 e. The van der Waals surface area contributed by atoms with Crippen molar-refractivity contribution >= 4 is 5.78 Å². The second-order valence-electron chi connectivity index (χ2n) is 7.00. The molecule has 2 aliphatic rings. The molecule has 0 aliphatic heterocycles. The topological polar surface area (TPSA) is 69.5 Å². The van der Waals surface area contributed by atoms with Gasteiger partial charge in [-0.05, 0) is 25.2 Å². The molecule has 1 aromatic heterocycles. The second-order valence-corrected chi connectivity index (χ2v) is 7.00. The molecule has 0 saturated heterocycles. The fourth-order valence-corrected chi connectivity index (χ4v) is 4.39. The van der Waals surface area contributed by atoms with E-state index in [1.807, 2.05) is 18.2 Å². The highest BCUT2D eigenvalue weighted by Crippen LogP contribution is 2.51. The molecule has 1 fully saturated rings. The lowest BCUT2D eigenvalue weighted by molar-refractivity contribution is -0.126. The Labute approximate surface area is 135 Å². The Morgan fingerprint density at radius 3 is 2.87 bits per heavy atom.